The van der Waals surface area contributed by atoms with Crippen LogP contribution in [-0.4, -0.2) is 11.9 Å². The fourth-order valence-corrected chi connectivity index (χ4v) is 2.56. The topological polar surface area (TPSA) is 50.4 Å². The molecule has 0 radical (unpaired) electrons. The third-order valence-corrected chi connectivity index (χ3v) is 3.69. The van der Waals surface area contributed by atoms with Crippen molar-refractivity contribution in [3.05, 3.63) is 34.9 Å². The smallest absolute Gasteiger partial charge is 0.115 e. The van der Waals surface area contributed by atoms with Crippen molar-refractivity contribution in [2.24, 2.45) is 10.8 Å². The average molecular weight is 245 g/mol. The molecule has 0 bridgehead atoms. The molecule has 1 aliphatic carbocycles. The van der Waals surface area contributed by atoms with Gasteiger partial charge in [-0.1, -0.05) is 36.6 Å². The highest BCUT2D eigenvalue weighted by atomic mass is 15.3. The summed E-state index contributed by atoms with van der Waals surface area (Å²) >= 11 is 0. The molecule has 3 heteroatoms. The summed E-state index contributed by atoms with van der Waals surface area (Å²) in [6, 6.07) is 6.99. The molecule has 1 fully saturated rings. The van der Waals surface area contributed by atoms with Crippen LogP contribution >= 0.6 is 0 Å². The number of rotatable bonds is 3. The molecule has 1 aliphatic rings. The van der Waals surface area contributed by atoms with Crippen molar-refractivity contribution in [3.63, 3.8) is 0 Å². The van der Waals surface area contributed by atoms with Crippen LogP contribution in [-0.2, 0) is 6.42 Å². The van der Waals surface area contributed by atoms with Gasteiger partial charge >= 0.3 is 0 Å². The predicted molar refractivity (Wildman–Crippen MR) is 76.6 cm³/mol. The van der Waals surface area contributed by atoms with E-state index in [9.17, 15) is 0 Å². The van der Waals surface area contributed by atoms with Gasteiger partial charge in [0.05, 0.1) is 6.04 Å². The van der Waals surface area contributed by atoms with Gasteiger partial charge in [0, 0.05) is 6.42 Å². The highest BCUT2D eigenvalue weighted by Gasteiger charge is 2.14. The van der Waals surface area contributed by atoms with E-state index >= 15 is 0 Å². The van der Waals surface area contributed by atoms with E-state index in [-0.39, 0.29) is 0 Å². The van der Waals surface area contributed by atoms with Crippen LogP contribution in [0, 0.1) is 13.8 Å². The number of hydrogen-bond acceptors (Lipinski definition) is 2. The molecule has 0 atom stereocenters. The highest BCUT2D eigenvalue weighted by molar-refractivity contribution is 5.84. The van der Waals surface area contributed by atoms with Gasteiger partial charge in [0.25, 0.3) is 0 Å². The van der Waals surface area contributed by atoms with E-state index in [0.29, 0.717) is 6.04 Å². The van der Waals surface area contributed by atoms with Gasteiger partial charge in [-0.2, -0.15) is 0 Å². The summed E-state index contributed by atoms with van der Waals surface area (Å²) in [5, 5.41) is 0. The van der Waals surface area contributed by atoms with Crippen molar-refractivity contribution < 1.29 is 0 Å². The number of nitrogens with two attached hydrogens (primary N) is 1. The van der Waals surface area contributed by atoms with Crippen LogP contribution in [0.15, 0.2) is 23.2 Å². The summed E-state index contributed by atoms with van der Waals surface area (Å²) in [6.07, 6.45) is 5.82. The van der Waals surface area contributed by atoms with E-state index in [0.717, 1.165) is 12.3 Å². The Bertz CT molecular complexity index is 431. The van der Waals surface area contributed by atoms with Crippen LogP contribution in [0.2, 0.25) is 0 Å². The fraction of sp³-hybridized carbons (Fsp3) is 0.533. The van der Waals surface area contributed by atoms with Gasteiger partial charge in [-0.05, 0) is 37.8 Å². The van der Waals surface area contributed by atoms with Crippen LogP contribution in [0.3, 0.4) is 0 Å². The summed E-state index contributed by atoms with van der Waals surface area (Å²) < 4.78 is 0. The van der Waals surface area contributed by atoms with E-state index in [4.69, 9.17) is 10.8 Å². The Balaban J connectivity index is 2.11. The Hall–Kier alpha value is -1.35. The normalized spacial score (nSPS) is 17.2. The minimum atomic E-state index is 0.473. The third kappa shape index (κ3) is 3.33. The summed E-state index contributed by atoms with van der Waals surface area (Å²) in [5.41, 5.74) is 6.67. The first kappa shape index (κ1) is 13.1. The van der Waals surface area contributed by atoms with Crippen LogP contribution in [0.4, 0.5) is 0 Å². The zero-order valence-corrected chi connectivity index (χ0v) is 11.4. The number of aryl methyl sites for hydroxylation is 2. The first-order valence-electron chi connectivity index (χ1n) is 6.78. The first-order valence-corrected chi connectivity index (χ1v) is 6.78. The number of nitrogens with one attached hydrogen (secondary N) is 1. The molecule has 0 unspecified atom stereocenters. The molecule has 3 nitrogen and oxygen atoms in total. The zero-order valence-electron chi connectivity index (χ0n) is 11.4. The second kappa shape index (κ2) is 6.01. The molecular weight excluding hydrogens is 222 g/mol. The molecule has 98 valence electrons. The molecule has 0 saturated heterocycles. The van der Waals surface area contributed by atoms with Crippen LogP contribution in [0.25, 0.3) is 0 Å². The standard InChI is InChI=1S/C15H23N3/c1-11-7-8-12(2)13(9-11)10-15(18-16)17-14-5-3-4-6-14/h7-9,14H,3-6,10,16H2,1-2H3,(H,17,18). The largest absolute Gasteiger partial charge is 0.312 e. The Morgan fingerprint density at radius 1 is 1.33 bits per heavy atom. The molecule has 18 heavy (non-hydrogen) atoms. The van der Waals surface area contributed by atoms with Crippen molar-refractivity contribution in [2.75, 3.05) is 0 Å². The summed E-state index contributed by atoms with van der Waals surface area (Å²) in [6.45, 7) is 4.26. The van der Waals surface area contributed by atoms with Crippen molar-refractivity contribution in [2.45, 2.75) is 52.0 Å². The second-order valence-electron chi connectivity index (χ2n) is 5.27. The van der Waals surface area contributed by atoms with Crippen LogP contribution in [0.5, 0.6) is 0 Å². The first-order chi connectivity index (χ1) is 8.69. The molecule has 0 amide bonds. The Kier molecular flexibility index (Phi) is 4.37. The number of nitrogens with zero attached hydrogens (tertiary/aromatic N) is 1. The number of amidine groups is 1. The lowest BCUT2D eigenvalue weighted by Crippen LogP contribution is -2.33. The van der Waals surface area contributed by atoms with E-state index in [1.165, 1.54) is 42.4 Å². The summed E-state index contributed by atoms with van der Waals surface area (Å²) in [7, 11) is 0. The SMILES string of the molecule is Cc1ccc(C)c(CC(=NC2CCCC2)NN)c1. The number of hydrazine groups is 1. The van der Waals surface area contributed by atoms with Crippen molar-refractivity contribution in [1.82, 2.24) is 5.43 Å². The highest BCUT2D eigenvalue weighted by Crippen LogP contribution is 2.21. The molecule has 1 aromatic carbocycles. The van der Waals surface area contributed by atoms with Gasteiger partial charge in [0.15, 0.2) is 0 Å². The number of hydrogen-bond donors (Lipinski definition) is 2. The van der Waals surface area contributed by atoms with Crippen molar-refractivity contribution >= 4 is 5.84 Å². The third-order valence-electron chi connectivity index (χ3n) is 3.69. The van der Waals surface area contributed by atoms with Gasteiger partial charge in [0.2, 0.25) is 0 Å². The lowest BCUT2D eigenvalue weighted by molar-refractivity contribution is 0.697. The van der Waals surface area contributed by atoms with Crippen LogP contribution in [0.1, 0.15) is 42.4 Å². The average Bonchev–Trinajstić information content (AvgIpc) is 2.85. The van der Waals surface area contributed by atoms with Gasteiger partial charge in [-0.15, -0.1) is 0 Å². The molecule has 2 rings (SSSR count). The maximum atomic E-state index is 5.61. The van der Waals surface area contributed by atoms with E-state index in [2.05, 4.69) is 37.5 Å². The lowest BCUT2D eigenvalue weighted by Gasteiger charge is -2.12. The zero-order chi connectivity index (χ0) is 13.0. The minimum Gasteiger partial charge on any atom is -0.312 e. The monoisotopic (exact) mass is 245 g/mol. The van der Waals surface area contributed by atoms with Gasteiger partial charge in [0.1, 0.15) is 5.84 Å². The summed E-state index contributed by atoms with van der Waals surface area (Å²) in [4.78, 5) is 4.74. The quantitative estimate of drug-likeness (QED) is 0.372. The maximum Gasteiger partial charge on any atom is 0.115 e. The predicted octanol–water partition coefficient (Wildman–Crippen LogP) is 2.65. The van der Waals surface area contributed by atoms with Crippen molar-refractivity contribution in [1.29, 1.82) is 0 Å². The molecule has 0 aromatic heterocycles. The van der Waals surface area contributed by atoms with Gasteiger partial charge in [-0.25, -0.2) is 5.84 Å². The van der Waals surface area contributed by atoms with E-state index in [1.54, 1.807) is 0 Å². The lowest BCUT2D eigenvalue weighted by atomic mass is 10.0. The van der Waals surface area contributed by atoms with Gasteiger partial charge < -0.3 is 5.43 Å². The van der Waals surface area contributed by atoms with Crippen LogP contribution < -0.4 is 11.3 Å². The Morgan fingerprint density at radius 2 is 2.06 bits per heavy atom. The fourth-order valence-electron chi connectivity index (χ4n) is 2.56. The Labute approximate surface area is 109 Å². The molecule has 0 heterocycles. The number of benzene rings is 1. The summed E-state index contributed by atoms with van der Waals surface area (Å²) in [5.74, 6) is 6.52. The Morgan fingerprint density at radius 3 is 2.72 bits per heavy atom. The molecule has 0 spiro atoms. The second-order valence-corrected chi connectivity index (χ2v) is 5.27. The van der Waals surface area contributed by atoms with Crippen molar-refractivity contribution in [3.8, 4) is 0 Å². The van der Waals surface area contributed by atoms with E-state index < -0.39 is 0 Å². The minimum absolute atomic E-state index is 0.473. The number of aliphatic imine (C=N–C) groups is 1. The molecule has 1 saturated carbocycles. The molecular formula is C15H23N3. The molecule has 3 N–H and O–H groups in total. The molecule has 1 aromatic rings. The van der Waals surface area contributed by atoms with E-state index in [1.807, 2.05) is 0 Å². The van der Waals surface area contributed by atoms with Gasteiger partial charge in [-0.3, -0.25) is 4.99 Å². The maximum absolute atomic E-state index is 5.61. The molecule has 0 aliphatic heterocycles.